The second-order valence-electron chi connectivity index (χ2n) is 7.27. The lowest BCUT2D eigenvalue weighted by atomic mass is 10.2. The van der Waals surface area contributed by atoms with E-state index in [4.69, 9.17) is 0 Å². The third-order valence-corrected chi connectivity index (χ3v) is 5.02. The Bertz CT molecular complexity index is 820. The van der Waals surface area contributed by atoms with E-state index in [1.165, 1.54) is 0 Å². The first-order valence-electron chi connectivity index (χ1n) is 9.17. The molecular weight excluding hydrogens is 342 g/mol. The molecular formula is C19H27N7O. The van der Waals surface area contributed by atoms with Crippen LogP contribution < -0.4 is 10.2 Å². The molecule has 3 heterocycles. The van der Waals surface area contributed by atoms with Gasteiger partial charge in [-0.1, -0.05) is 0 Å². The van der Waals surface area contributed by atoms with Crippen molar-refractivity contribution in [1.82, 2.24) is 30.2 Å². The van der Waals surface area contributed by atoms with Gasteiger partial charge in [0.05, 0.1) is 24.1 Å². The molecule has 0 aliphatic carbocycles. The highest BCUT2D eigenvalue weighted by Crippen LogP contribution is 2.25. The fraction of sp³-hybridized carbons (Fsp3) is 0.526. The van der Waals surface area contributed by atoms with Crippen LogP contribution in [-0.2, 0) is 6.54 Å². The minimum absolute atomic E-state index is 0.196. The number of rotatable bonds is 5. The summed E-state index contributed by atoms with van der Waals surface area (Å²) in [4.78, 5) is 34.5. The van der Waals surface area contributed by atoms with Gasteiger partial charge < -0.3 is 15.1 Å². The number of hydrogen-bond donors (Lipinski definition) is 1. The first kappa shape index (κ1) is 19.2. The van der Waals surface area contributed by atoms with Crippen molar-refractivity contribution in [2.75, 3.05) is 32.1 Å². The van der Waals surface area contributed by atoms with Crippen molar-refractivity contribution in [2.24, 2.45) is 0 Å². The predicted molar refractivity (Wildman–Crippen MR) is 104 cm³/mol. The number of anilines is 1. The van der Waals surface area contributed by atoms with Crippen molar-refractivity contribution in [2.45, 2.75) is 39.8 Å². The van der Waals surface area contributed by atoms with Gasteiger partial charge in [-0.25, -0.2) is 9.97 Å². The van der Waals surface area contributed by atoms with E-state index in [9.17, 15) is 4.79 Å². The van der Waals surface area contributed by atoms with E-state index >= 15 is 0 Å². The average Bonchev–Trinajstić information content (AvgIpc) is 3.13. The van der Waals surface area contributed by atoms with Crippen LogP contribution in [0, 0.1) is 20.8 Å². The van der Waals surface area contributed by atoms with Gasteiger partial charge in [-0.2, -0.15) is 0 Å². The van der Waals surface area contributed by atoms with Crippen LogP contribution in [0.4, 0.5) is 5.82 Å². The van der Waals surface area contributed by atoms with Crippen molar-refractivity contribution in [3.05, 3.63) is 40.9 Å². The number of aromatic nitrogens is 4. The van der Waals surface area contributed by atoms with Gasteiger partial charge >= 0.3 is 0 Å². The highest BCUT2D eigenvalue weighted by Gasteiger charge is 2.27. The molecule has 0 spiro atoms. The second-order valence-corrected chi connectivity index (χ2v) is 7.27. The van der Waals surface area contributed by atoms with Crippen LogP contribution >= 0.6 is 0 Å². The number of carbonyl (C=O) groups is 1. The Morgan fingerprint density at radius 3 is 2.63 bits per heavy atom. The summed E-state index contributed by atoms with van der Waals surface area (Å²) in [5.74, 6) is 0.749. The average molecular weight is 369 g/mol. The summed E-state index contributed by atoms with van der Waals surface area (Å²) >= 11 is 0. The lowest BCUT2D eigenvalue weighted by Gasteiger charge is -2.23. The zero-order valence-electron chi connectivity index (χ0n) is 16.7. The molecule has 0 bridgehead atoms. The van der Waals surface area contributed by atoms with E-state index in [1.54, 1.807) is 12.4 Å². The van der Waals surface area contributed by atoms with Crippen molar-refractivity contribution >= 4 is 11.7 Å². The molecule has 27 heavy (non-hydrogen) atoms. The van der Waals surface area contributed by atoms with Crippen molar-refractivity contribution in [3.8, 4) is 0 Å². The van der Waals surface area contributed by atoms with E-state index in [0.717, 1.165) is 42.3 Å². The van der Waals surface area contributed by atoms with E-state index in [2.05, 4.69) is 49.1 Å². The van der Waals surface area contributed by atoms with Crippen molar-refractivity contribution in [1.29, 1.82) is 0 Å². The summed E-state index contributed by atoms with van der Waals surface area (Å²) in [6.07, 6.45) is 4.43. The van der Waals surface area contributed by atoms with E-state index < -0.39 is 0 Å². The lowest BCUT2D eigenvalue weighted by Crippen LogP contribution is -2.33. The maximum absolute atomic E-state index is 12.6. The van der Waals surface area contributed by atoms with Gasteiger partial charge in [-0.05, 0) is 41.3 Å². The molecule has 1 saturated heterocycles. The third-order valence-electron chi connectivity index (χ3n) is 5.02. The standard InChI is InChI=1S/C19H27N7O/c1-12-8-21-15(9-20-12)10-22-19(27)17-23-14(3)13(2)18(24-17)26-7-6-16(11-26)25(4)5/h8-9,16H,6-7,10-11H2,1-5H3,(H,22,27)/t16-/m1/s1. The van der Waals surface area contributed by atoms with Crippen LogP contribution in [-0.4, -0.2) is 64.0 Å². The Morgan fingerprint density at radius 2 is 2.00 bits per heavy atom. The van der Waals surface area contributed by atoms with Gasteiger partial charge in [0.15, 0.2) is 0 Å². The molecule has 8 heteroatoms. The van der Waals surface area contributed by atoms with Gasteiger partial charge in [-0.15, -0.1) is 0 Å². The van der Waals surface area contributed by atoms with Gasteiger partial charge in [0.2, 0.25) is 5.82 Å². The molecule has 3 rings (SSSR count). The quantitative estimate of drug-likeness (QED) is 0.849. The van der Waals surface area contributed by atoms with Gasteiger partial charge in [0.25, 0.3) is 5.91 Å². The third kappa shape index (κ3) is 4.39. The SMILES string of the molecule is Cc1cnc(CNC(=O)c2nc(C)c(C)c(N3CC[C@@H](N(C)C)C3)n2)cn1. The Balaban J connectivity index is 1.74. The van der Waals surface area contributed by atoms with Gasteiger partial charge in [0.1, 0.15) is 5.82 Å². The summed E-state index contributed by atoms with van der Waals surface area (Å²) in [6.45, 7) is 7.94. The molecule has 144 valence electrons. The fourth-order valence-electron chi connectivity index (χ4n) is 3.14. The minimum Gasteiger partial charge on any atom is -0.355 e. The molecule has 1 aliphatic heterocycles. The summed E-state index contributed by atoms with van der Waals surface area (Å²) in [5.41, 5.74) is 3.39. The van der Waals surface area contributed by atoms with E-state index in [0.29, 0.717) is 18.3 Å². The maximum atomic E-state index is 12.6. The minimum atomic E-state index is -0.301. The second kappa shape index (κ2) is 7.96. The van der Waals surface area contributed by atoms with Crippen LogP contribution in [0.25, 0.3) is 0 Å². The zero-order chi connectivity index (χ0) is 19.6. The number of nitrogens with one attached hydrogen (secondary N) is 1. The largest absolute Gasteiger partial charge is 0.355 e. The number of aryl methyl sites for hydroxylation is 2. The number of likely N-dealkylation sites (N-methyl/N-ethyl adjacent to an activating group) is 1. The van der Waals surface area contributed by atoms with Gasteiger partial charge in [0, 0.05) is 36.6 Å². The number of nitrogens with zero attached hydrogens (tertiary/aromatic N) is 6. The number of amides is 1. The van der Waals surface area contributed by atoms with Gasteiger partial charge in [-0.3, -0.25) is 14.8 Å². The predicted octanol–water partition coefficient (Wildman–Crippen LogP) is 1.26. The summed E-state index contributed by atoms with van der Waals surface area (Å²) in [5, 5.41) is 2.83. The first-order valence-corrected chi connectivity index (χ1v) is 9.17. The van der Waals surface area contributed by atoms with Crippen molar-refractivity contribution < 1.29 is 4.79 Å². The van der Waals surface area contributed by atoms with Crippen LogP contribution in [0.15, 0.2) is 12.4 Å². The molecule has 8 nitrogen and oxygen atoms in total. The number of carbonyl (C=O) groups excluding carboxylic acids is 1. The fourth-order valence-corrected chi connectivity index (χ4v) is 3.14. The first-order chi connectivity index (χ1) is 12.8. The molecule has 0 radical (unpaired) electrons. The molecule has 1 amide bonds. The summed E-state index contributed by atoms with van der Waals surface area (Å²) in [7, 11) is 4.19. The van der Waals surface area contributed by atoms with E-state index in [1.807, 2.05) is 20.8 Å². The molecule has 0 aromatic carbocycles. The van der Waals surface area contributed by atoms with Crippen LogP contribution in [0.5, 0.6) is 0 Å². The normalized spacial score (nSPS) is 16.8. The molecule has 2 aromatic heterocycles. The molecule has 1 fully saturated rings. The summed E-state index contributed by atoms with van der Waals surface area (Å²) in [6, 6.07) is 0.497. The smallest absolute Gasteiger partial charge is 0.289 e. The van der Waals surface area contributed by atoms with E-state index in [-0.39, 0.29) is 11.7 Å². The van der Waals surface area contributed by atoms with Crippen LogP contribution in [0.1, 0.15) is 39.7 Å². The molecule has 2 aromatic rings. The lowest BCUT2D eigenvalue weighted by molar-refractivity contribution is 0.0939. The number of hydrogen-bond acceptors (Lipinski definition) is 7. The highest BCUT2D eigenvalue weighted by atomic mass is 16.2. The highest BCUT2D eigenvalue weighted by molar-refractivity contribution is 5.90. The topological polar surface area (TPSA) is 87.1 Å². The molecule has 0 unspecified atom stereocenters. The molecule has 1 atom stereocenters. The van der Waals surface area contributed by atoms with Crippen LogP contribution in [0.3, 0.4) is 0 Å². The Hall–Kier alpha value is -2.61. The monoisotopic (exact) mass is 369 g/mol. The Kier molecular flexibility index (Phi) is 5.65. The molecule has 0 saturated carbocycles. The summed E-state index contributed by atoms with van der Waals surface area (Å²) < 4.78 is 0. The Morgan fingerprint density at radius 1 is 1.22 bits per heavy atom. The van der Waals surface area contributed by atoms with Crippen LogP contribution in [0.2, 0.25) is 0 Å². The van der Waals surface area contributed by atoms with Crippen molar-refractivity contribution in [3.63, 3.8) is 0 Å². The molecule has 1 aliphatic rings. The maximum Gasteiger partial charge on any atom is 0.289 e. The molecule has 1 N–H and O–H groups in total. The Labute approximate surface area is 160 Å². The zero-order valence-corrected chi connectivity index (χ0v) is 16.7.